The fraction of sp³-hybridized carbons (Fsp3) is 0.231. The minimum absolute atomic E-state index is 0.164. The summed E-state index contributed by atoms with van der Waals surface area (Å²) in [6.45, 7) is 0.462. The second-order valence-corrected chi connectivity index (χ2v) is 4.82. The molecule has 0 saturated carbocycles. The van der Waals surface area contributed by atoms with Gasteiger partial charge >= 0.3 is 0 Å². The normalized spacial score (nSPS) is 10.9. The Labute approximate surface area is 113 Å². The fourth-order valence-electron chi connectivity index (χ4n) is 1.51. The second kappa shape index (κ2) is 6.47. The molecule has 3 nitrogen and oxygen atoms in total. The molecule has 0 fully saturated rings. The predicted octanol–water partition coefficient (Wildman–Crippen LogP) is 4.05. The van der Waals surface area contributed by atoms with E-state index in [0.717, 1.165) is 5.69 Å². The zero-order chi connectivity index (χ0) is 13.7. The summed E-state index contributed by atoms with van der Waals surface area (Å²) in [4.78, 5) is 0. The SMILES string of the molecule is Oc1ccc(NCc2ccc(CSC(F)F)o2)cc1. The van der Waals surface area contributed by atoms with Crippen LogP contribution in [0.25, 0.3) is 0 Å². The van der Waals surface area contributed by atoms with E-state index in [1.165, 1.54) is 0 Å². The molecule has 1 aromatic heterocycles. The molecule has 0 unspecified atom stereocenters. The number of nitrogens with one attached hydrogen (secondary N) is 1. The monoisotopic (exact) mass is 285 g/mol. The van der Waals surface area contributed by atoms with E-state index in [4.69, 9.17) is 9.52 Å². The molecule has 2 aromatic rings. The summed E-state index contributed by atoms with van der Waals surface area (Å²) in [6.07, 6.45) is 0. The Morgan fingerprint density at radius 1 is 1.11 bits per heavy atom. The molecule has 0 aliphatic rings. The van der Waals surface area contributed by atoms with E-state index in [1.807, 2.05) is 0 Å². The molecular weight excluding hydrogens is 272 g/mol. The minimum Gasteiger partial charge on any atom is -0.508 e. The zero-order valence-electron chi connectivity index (χ0n) is 9.98. The first-order valence-corrected chi connectivity index (χ1v) is 6.68. The average Bonchev–Trinajstić information content (AvgIpc) is 2.84. The van der Waals surface area contributed by atoms with E-state index in [0.29, 0.717) is 29.8 Å². The van der Waals surface area contributed by atoms with Crippen LogP contribution in [0.4, 0.5) is 14.5 Å². The van der Waals surface area contributed by atoms with Crippen molar-refractivity contribution < 1.29 is 18.3 Å². The molecule has 102 valence electrons. The lowest BCUT2D eigenvalue weighted by molar-refractivity contribution is 0.251. The predicted molar refractivity (Wildman–Crippen MR) is 71.4 cm³/mol. The van der Waals surface area contributed by atoms with Crippen LogP contribution in [0.1, 0.15) is 11.5 Å². The highest BCUT2D eigenvalue weighted by Crippen LogP contribution is 2.21. The maximum absolute atomic E-state index is 12.0. The van der Waals surface area contributed by atoms with Gasteiger partial charge in [-0.15, -0.1) is 0 Å². The van der Waals surface area contributed by atoms with Crippen LogP contribution < -0.4 is 5.32 Å². The number of aromatic hydroxyl groups is 1. The Balaban J connectivity index is 1.84. The summed E-state index contributed by atoms with van der Waals surface area (Å²) < 4.78 is 29.4. The number of thioether (sulfide) groups is 1. The second-order valence-electron chi connectivity index (χ2n) is 3.84. The summed E-state index contributed by atoms with van der Waals surface area (Å²) in [5.41, 5.74) is 0.845. The fourth-order valence-corrected chi connectivity index (χ4v) is 1.95. The summed E-state index contributed by atoms with van der Waals surface area (Å²) >= 11 is 0.538. The third-order valence-corrected chi connectivity index (χ3v) is 3.11. The molecular formula is C13H13F2NO2S. The van der Waals surface area contributed by atoms with Crippen LogP contribution in [0.5, 0.6) is 5.75 Å². The summed E-state index contributed by atoms with van der Waals surface area (Å²) in [5.74, 6) is -0.805. The number of anilines is 1. The van der Waals surface area contributed by atoms with Crippen LogP contribution in [-0.2, 0) is 12.3 Å². The number of benzene rings is 1. The van der Waals surface area contributed by atoms with Crippen molar-refractivity contribution in [3.8, 4) is 5.75 Å². The largest absolute Gasteiger partial charge is 0.508 e. The highest BCUT2D eigenvalue weighted by Gasteiger charge is 2.07. The number of halogens is 2. The lowest BCUT2D eigenvalue weighted by Crippen LogP contribution is -1.97. The molecule has 1 heterocycles. The maximum Gasteiger partial charge on any atom is 0.284 e. The van der Waals surface area contributed by atoms with Gasteiger partial charge in [-0.05, 0) is 36.4 Å². The number of alkyl halides is 2. The highest BCUT2D eigenvalue weighted by molar-refractivity contribution is 7.98. The van der Waals surface area contributed by atoms with E-state index in [2.05, 4.69) is 5.32 Å². The molecule has 6 heteroatoms. The molecule has 0 saturated heterocycles. The Bertz CT molecular complexity index is 514. The van der Waals surface area contributed by atoms with Gasteiger partial charge in [0.15, 0.2) is 0 Å². The van der Waals surface area contributed by atoms with Gasteiger partial charge in [0.1, 0.15) is 17.3 Å². The van der Waals surface area contributed by atoms with Crippen LogP contribution in [-0.4, -0.2) is 10.9 Å². The van der Waals surface area contributed by atoms with Crippen molar-refractivity contribution in [3.63, 3.8) is 0 Å². The molecule has 0 radical (unpaired) electrons. The number of rotatable bonds is 6. The first-order valence-electron chi connectivity index (χ1n) is 5.64. The molecule has 2 rings (SSSR count). The molecule has 1 aromatic carbocycles. The van der Waals surface area contributed by atoms with Gasteiger partial charge in [-0.25, -0.2) is 0 Å². The Kier molecular flexibility index (Phi) is 4.68. The van der Waals surface area contributed by atoms with E-state index >= 15 is 0 Å². The summed E-state index contributed by atoms with van der Waals surface area (Å²) in [5, 5.41) is 12.2. The number of furan rings is 1. The van der Waals surface area contributed by atoms with Crippen molar-refractivity contribution in [1.29, 1.82) is 0 Å². The molecule has 0 aliphatic heterocycles. The van der Waals surface area contributed by atoms with Gasteiger partial charge in [0, 0.05) is 5.69 Å². The van der Waals surface area contributed by atoms with Crippen molar-refractivity contribution in [2.24, 2.45) is 0 Å². The van der Waals surface area contributed by atoms with E-state index in [1.54, 1.807) is 36.4 Å². The Morgan fingerprint density at radius 3 is 2.47 bits per heavy atom. The van der Waals surface area contributed by atoms with Crippen LogP contribution in [0.15, 0.2) is 40.8 Å². The lowest BCUT2D eigenvalue weighted by atomic mass is 10.3. The van der Waals surface area contributed by atoms with Crippen molar-refractivity contribution >= 4 is 17.4 Å². The number of phenols is 1. The zero-order valence-corrected chi connectivity index (χ0v) is 10.8. The van der Waals surface area contributed by atoms with Crippen molar-refractivity contribution in [2.75, 3.05) is 5.32 Å². The number of phenolic OH excluding ortho intramolecular Hbond substituents is 1. The van der Waals surface area contributed by atoms with Crippen molar-refractivity contribution in [1.82, 2.24) is 0 Å². The molecule has 19 heavy (non-hydrogen) atoms. The minimum atomic E-state index is -2.39. The molecule has 0 amide bonds. The topological polar surface area (TPSA) is 45.4 Å². The van der Waals surface area contributed by atoms with Gasteiger partial charge in [0.25, 0.3) is 5.76 Å². The number of hydrogen-bond acceptors (Lipinski definition) is 4. The van der Waals surface area contributed by atoms with E-state index < -0.39 is 5.76 Å². The van der Waals surface area contributed by atoms with Gasteiger partial charge in [0.05, 0.1) is 12.3 Å². The first kappa shape index (κ1) is 13.7. The lowest BCUT2D eigenvalue weighted by Gasteiger charge is -2.04. The van der Waals surface area contributed by atoms with E-state index in [-0.39, 0.29) is 11.5 Å². The average molecular weight is 285 g/mol. The molecule has 0 spiro atoms. The number of hydrogen-bond donors (Lipinski definition) is 2. The van der Waals surface area contributed by atoms with Crippen LogP contribution in [0, 0.1) is 0 Å². The van der Waals surface area contributed by atoms with Crippen LogP contribution >= 0.6 is 11.8 Å². The highest BCUT2D eigenvalue weighted by atomic mass is 32.2. The third-order valence-electron chi connectivity index (χ3n) is 2.40. The summed E-state index contributed by atoms with van der Waals surface area (Å²) in [7, 11) is 0. The molecule has 2 N–H and O–H groups in total. The molecule has 0 atom stereocenters. The quantitative estimate of drug-likeness (QED) is 0.786. The van der Waals surface area contributed by atoms with Crippen molar-refractivity contribution in [3.05, 3.63) is 47.9 Å². The van der Waals surface area contributed by atoms with E-state index in [9.17, 15) is 8.78 Å². The van der Waals surface area contributed by atoms with Gasteiger partial charge in [-0.3, -0.25) is 0 Å². The maximum atomic E-state index is 12.0. The first-order chi connectivity index (χ1) is 9.13. The van der Waals surface area contributed by atoms with Crippen LogP contribution in [0.2, 0.25) is 0 Å². The van der Waals surface area contributed by atoms with Crippen molar-refractivity contribution in [2.45, 2.75) is 18.1 Å². The molecule has 0 bridgehead atoms. The van der Waals surface area contributed by atoms with Gasteiger partial charge in [-0.2, -0.15) is 8.78 Å². The van der Waals surface area contributed by atoms with Gasteiger partial charge in [-0.1, -0.05) is 11.8 Å². The standard InChI is InChI=1S/C13H13F2NO2S/c14-13(15)19-8-12-6-5-11(18-12)7-16-9-1-3-10(17)4-2-9/h1-6,13,16-17H,7-8H2. The third kappa shape index (κ3) is 4.48. The van der Waals surface area contributed by atoms with Gasteiger partial charge in [0.2, 0.25) is 0 Å². The van der Waals surface area contributed by atoms with Gasteiger partial charge < -0.3 is 14.8 Å². The Hall–Kier alpha value is -1.69. The smallest absolute Gasteiger partial charge is 0.284 e. The van der Waals surface area contributed by atoms with Crippen LogP contribution in [0.3, 0.4) is 0 Å². The summed E-state index contributed by atoms with van der Waals surface area (Å²) in [6, 6.07) is 10.1. The Morgan fingerprint density at radius 2 is 1.79 bits per heavy atom. The molecule has 0 aliphatic carbocycles.